The molecule has 1 aliphatic carbocycles. The fourth-order valence-electron chi connectivity index (χ4n) is 11.6. The van der Waals surface area contributed by atoms with Gasteiger partial charge in [-0.05, 0) is 143 Å². The number of hydrogen-bond acceptors (Lipinski definition) is 3. The molecule has 1 aliphatic heterocycles. The minimum absolute atomic E-state index is 0.584. The molecule has 1 aromatic heterocycles. The number of fused-ring (bicyclic) bond motifs is 13. The van der Waals surface area contributed by atoms with Crippen molar-refractivity contribution in [1.29, 1.82) is 0 Å². The highest BCUT2D eigenvalue weighted by atomic mass is 32.1. The molecule has 11 aromatic carbocycles. The Labute approximate surface area is 399 Å². The van der Waals surface area contributed by atoms with Crippen LogP contribution in [0.3, 0.4) is 0 Å². The van der Waals surface area contributed by atoms with Crippen molar-refractivity contribution in [3.63, 3.8) is 0 Å². The molecule has 0 saturated carbocycles. The number of rotatable bonds is 6. The average molecular weight is 883 g/mol. The van der Waals surface area contributed by atoms with E-state index in [1.165, 1.54) is 98.6 Å². The number of nitrogens with zero attached hydrogens (tertiary/aromatic N) is 2. The first-order valence-corrected chi connectivity index (χ1v) is 24.2. The topological polar surface area (TPSA) is 6.48 Å². The fraction of sp³-hybridized carbons (Fsp3) is 0.0154. The van der Waals surface area contributed by atoms with Crippen LogP contribution >= 0.6 is 11.3 Å². The summed E-state index contributed by atoms with van der Waals surface area (Å²) < 4.78 is 1.28. The molecule has 318 valence electrons. The van der Waals surface area contributed by atoms with Gasteiger partial charge in [0.05, 0.1) is 16.8 Å². The highest BCUT2D eigenvalue weighted by Gasteiger charge is 2.51. The van der Waals surface area contributed by atoms with Crippen LogP contribution in [0.2, 0.25) is 0 Å². The fourth-order valence-corrected chi connectivity index (χ4v) is 12.8. The summed E-state index contributed by atoms with van der Waals surface area (Å²) in [7, 11) is 0. The number of benzene rings is 11. The highest BCUT2D eigenvalue weighted by Crippen LogP contribution is 2.64. The van der Waals surface area contributed by atoms with E-state index in [9.17, 15) is 0 Å². The van der Waals surface area contributed by atoms with Gasteiger partial charge in [-0.15, -0.1) is 11.3 Å². The minimum Gasteiger partial charge on any atom is -0.310 e. The lowest BCUT2D eigenvalue weighted by Gasteiger charge is -2.45. The van der Waals surface area contributed by atoms with E-state index in [1.54, 1.807) is 0 Å². The van der Waals surface area contributed by atoms with Gasteiger partial charge in [-0.2, -0.15) is 0 Å². The zero-order chi connectivity index (χ0) is 44.8. The van der Waals surface area contributed by atoms with Crippen molar-refractivity contribution in [2.45, 2.75) is 5.41 Å². The molecule has 2 nitrogen and oxygen atoms in total. The van der Waals surface area contributed by atoms with Crippen LogP contribution in [-0.2, 0) is 5.41 Å². The molecule has 0 unspecified atom stereocenters. The summed E-state index contributed by atoms with van der Waals surface area (Å²) in [6, 6.07) is 94.5. The Balaban J connectivity index is 1.04. The number of hydrogen-bond donors (Lipinski definition) is 0. The van der Waals surface area contributed by atoms with Crippen LogP contribution in [0.25, 0.3) is 65.0 Å². The van der Waals surface area contributed by atoms with E-state index in [0.29, 0.717) is 0 Å². The van der Waals surface area contributed by atoms with E-state index in [4.69, 9.17) is 0 Å². The molecule has 68 heavy (non-hydrogen) atoms. The van der Waals surface area contributed by atoms with Gasteiger partial charge in [-0.1, -0.05) is 194 Å². The third-order valence-corrected chi connectivity index (χ3v) is 15.6. The first kappa shape index (κ1) is 38.7. The van der Waals surface area contributed by atoms with E-state index in [2.05, 4.69) is 265 Å². The molecule has 0 radical (unpaired) electrons. The molecule has 2 aliphatic rings. The summed E-state index contributed by atoms with van der Waals surface area (Å²) in [4.78, 5) is 4.97. The third-order valence-electron chi connectivity index (χ3n) is 14.4. The van der Waals surface area contributed by atoms with Gasteiger partial charge in [-0.3, -0.25) is 0 Å². The Kier molecular flexibility index (Phi) is 8.71. The second-order valence-corrected chi connectivity index (χ2v) is 19.0. The molecule has 0 atom stereocenters. The van der Waals surface area contributed by atoms with E-state index >= 15 is 0 Å². The second kappa shape index (κ2) is 15.3. The van der Waals surface area contributed by atoms with Crippen LogP contribution in [0.5, 0.6) is 0 Å². The normalized spacial score (nSPS) is 13.1. The monoisotopic (exact) mass is 882 g/mol. The van der Waals surface area contributed by atoms with Gasteiger partial charge in [-0.25, -0.2) is 0 Å². The standard InChI is InChI=1S/C65H42N2S/c1-4-19-43(20-5-1)51-29-18-23-45-41-63(68-64(45)51)66(48-35-37-50-46(39-48)40-56(44-21-6-2-7-22-44)53-27-11-10-26-52(50)53)49-36-38-55-54-28-12-13-30-57(54)65(60(55)42-49)58-31-14-16-33-61(58)67(47-24-8-3-9-25-47)62-34-17-15-32-59(62)65/h1-42H. The van der Waals surface area contributed by atoms with Gasteiger partial charge in [0.1, 0.15) is 5.00 Å². The lowest BCUT2D eigenvalue weighted by atomic mass is 9.64. The maximum atomic E-state index is 2.52. The summed E-state index contributed by atoms with van der Waals surface area (Å²) in [5, 5.41) is 7.36. The SMILES string of the molecule is c1ccc(-c2cc3cc(N(c4ccc5c(c4)C4(c6ccccc6-5)c5ccccc5N(c5ccccc5)c5ccccc54)c4cc5cccc(-c6ccccc6)c5s4)ccc3c3ccccc23)cc1. The summed E-state index contributed by atoms with van der Waals surface area (Å²) in [5.74, 6) is 0. The zero-order valence-corrected chi connectivity index (χ0v) is 37.9. The number of para-hydroxylation sites is 3. The molecule has 0 bridgehead atoms. The highest BCUT2D eigenvalue weighted by molar-refractivity contribution is 7.23. The Morgan fingerprint density at radius 3 is 1.63 bits per heavy atom. The molecule has 0 fully saturated rings. The van der Waals surface area contributed by atoms with E-state index in [-0.39, 0.29) is 0 Å². The first-order valence-electron chi connectivity index (χ1n) is 23.4. The van der Waals surface area contributed by atoms with Crippen LogP contribution in [0.1, 0.15) is 22.3 Å². The summed E-state index contributed by atoms with van der Waals surface area (Å²) in [5.41, 5.74) is 17.8. The molecular formula is C65H42N2S. The van der Waals surface area contributed by atoms with Crippen LogP contribution in [-0.4, -0.2) is 0 Å². The molecule has 3 heteroatoms. The summed E-state index contributed by atoms with van der Waals surface area (Å²) in [6.07, 6.45) is 0. The molecule has 0 saturated heterocycles. The average Bonchev–Trinajstić information content (AvgIpc) is 3.97. The Morgan fingerprint density at radius 2 is 0.897 bits per heavy atom. The summed E-state index contributed by atoms with van der Waals surface area (Å²) >= 11 is 1.87. The van der Waals surface area contributed by atoms with Gasteiger partial charge in [0.25, 0.3) is 0 Å². The third kappa shape index (κ3) is 5.70. The first-order chi connectivity index (χ1) is 33.7. The molecule has 1 spiro atoms. The van der Waals surface area contributed by atoms with Gasteiger partial charge in [0.2, 0.25) is 0 Å². The number of thiophene rings is 1. The van der Waals surface area contributed by atoms with Crippen molar-refractivity contribution in [3.05, 3.63) is 277 Å². The predicted octanol–water partition coefficient (Wildman–Crippen LogP) is 18.2. The second-order valence-electron chi connectivity index (χ2n) is 18.0. The van der Waals surface area contributed by atoms with Crippen LogP contribution in [0.4, 0.5) is 33.4 Å². The predicted molar refractivity (Wildman–Crippen MR) is 288 cm³/mol. The molecule has 12 aromatic rings. The lowest BCUT2D eigenvalue weighted by molar-refractivity contribution is 0.752. The minimum atomic E-state index is -0.584. The molecule has 0 amide bonds. The molecular weight excluding hydrogens is 841 g/mol. The van der Waals surface area contributed by atoms with Crippen molar-refractivity contribution in [2.75, 3.05) is 9.80 Å². The largest absolute Gasteiger partial charge is 0.310 e. The molecule has 2 heterocycles. The van der Waals surface area contributed by atoms with Crippen LogP contribution < -0.4 is 9.80 Å². The van der Waals surface area contributed by atoms with Crippen molar-refractivity contribution in [3.8, 4) is 33.4 Å². The Hall–Kier alpha value is -8.50. The van der Waals surface area contributed by atoms with Crippen molar-refractivity contribution >= 4 is 76.4 Å². The van der Waals surface area contributed by atoms with Crippen molar-refractivity contribution in [1.82, 2.24) is 0 Å². The number of anilines is 6. The Morgan fingerprint density at radius 1 is 0.338 bits per heavy atom. The van der Waals surface area contributed by atoms with Crippen LogP contribution in [0.15, 0.2) is 255 Å². The van der Waals surface area contributed by atoms with E-state index < -0.39 is 5.41 Å². The lowest BCUT2D eigenvalue weighted by Crippen LogP contribution is -2.36. The maximum Gasteiger partial charge on any atom is 0.101 e. The van der Waals surface area contributed by atoms with Crippen molar-refractivity contribution in [2.24, 2.45) is 0 Å². The zero-order valence-electron chi connectivity index (χ0n) is 37.1. The quantitative estimate of drug-likeness (QED) is 0.154. The molecule has 14 rings (SSSR count). The van der Waals surface area contributed by atoms with E-state index in [0.717, 1.165) is 22.1 Å². The van der Waals surface area contributed by atoms with Gasteiger partial charge >= 0.3 is 0 Å². The summed E-state index contributed by atoms with van der Waals surface area (Å²) in [6.45, 7) is 0. The Bertz CT molecular complexity index is 3880. The van der Waals surface area contributed by atoms with Gasteiger partial charge < -0.3 is 9.80 Å². The smallest absolute Gasteiger partial charge is 0.101 e. The van der Waals surface area contributed by atoms with Gasteiger partial charge in [0, 0.05) is 21.8 Å². The van der Waals surface area contributed by atoms with Crippen LogP contribution in [0, 0.1) is 0 Å². The van der Waals surface area contributed by atoms with Gasteiger partial charge in [0.15, 0.2) is 0 Å². The molecule has 0 N–H and O–H groups in total. The van der Waals surface area contributed by atoms with E-state index in [1.807, 2.05) is 11.3 Å². The maximum absolute atomic E-state index is 2.52. The van der Waals surface area contributed by atoms with Crippen molar-refractivity contribution < 1.29 is 0 Å².